The fourth-order valence-corrected chi connectivity index (χ4v) is 4.76. The van der Waals surface area contributed by atoms with Crippen LogP contribution in [0.2, 0.25) is 0 Å². The number of ketones is 1. The zero-order valence-electron chi connectivity index (χ0n) is 14.8. The molecule has 4 rings (SSSR count). The van der Waals surface area contributed by atoms with E-state index in [0.29, 0.717) is 18.5 Å². The van der Waals surface area contributed by atoms with Gasteiger partial charge in [-0.1, -0.05) is 49.8 Å². The molecule has 0 saturated carbocycles. The molecule has 1 aromatic heterocycles. The van der Waals surface area contributed by atoms with E-state index in [-0.39, 0.29) is 11.2 Å². The van der Waals surface area contributed by atoms with Crippen molar-refractivity contribution in [3.05, 3.63) is 64.0 Å². The first kappa shape index (κ1) is 15.8. The molecule has 4 heteroatoms. The van der Waals surface area contributed by atoms with Crippen LogP contribution in [0.5, 0.6) is 0 Å². The lowest BCUT2D eigenvalue weighted by atomic mass is 9.58. The van der Waals surface area contributed by atoms with E-state index in [1.165, 1.54) is 5.57 Å². The predicted octanol–water partition coefficient (Wildman–Crippen LogP) is 3.83. The Hall–Kier alpha value is -2.67. The van der Waals surface area contributed by atoms with Crippen molar-refractivity contribution < 1.29 is 4.79 Å². The fraction of sp³-hybridized carbons (Fsp3) is 0.381. The SMILES string of the molecule is CC1(C)CC(=O)C2=C(Cc3[nH]nc(C#N)c3C2(C)c2ccccc2)C1. The molecule has 0 bridgehead atoms. The van der Waals surface area contributed by atoms with E-state index in [0.717, 1.165) is 28.8 Å². The number of fused-ring (bicyclic) bond motifs is 1. The van der Waals surface area contributed by atoms with E-state index in [4.69, 9.17) is 0 Å². The smallest absolute Gasteiger partial charge is 0.166 e. The third kappa shape index (κ3) is 2.19. The molecular formula is C21H21N3O. The molecule has 0 amide bonds. The van der Waals surface area contributed by atoms with Crippen molar-refractivity contribution in [1.29, 1.82) is 5.26 Å². The lowest BCUT2D eigenvalue weighted by molar-refractivity contribution is -0.118. The molecule has 4 nitrogen and oxygen atoms in total. The molecule has 0 spiro atoms. The molecule has 126 valence electrons. The average Bonchev–Trinajstić information content (AvgIpc) is 2.97. The van der Waals surface area contributed by atoms with E-state index in [1.807, 2.05) is 30.3 Å². The first-order valence-corrected chi connectivity index (χ1v) is 8.66. The molecule has 25 heavy (non-hydrogen) atoms. The van der Waals surface area contributed by atoms with Gasteiger partial charge in [-0.25, -0.2) is 0 Å². The van der Waals surface area contributed by atoms with Gasteiger partial charge in [-0.15, -0.1) is 0 Å². The highest BCUT2D eigenvalue weighted by atomic mass is 16.1. The average molecular weight is 331 g/mol. The minimum absolute atomic E-state index is 0.0247. The van der Waals surface area contributed by atoms with Gasteiger partial charge in [0, 0.05) is 29.7 Å². The van der Waals surface area contributed by atoms with Crippen molar-refractivity contribution in [2.75, 3.05) is 0 Å². The maximum Gasteiger partial charge on any atom is 0.166 e. The molecule has 1 aromatic carbocycles. The van der Waals surface area contributed by atoms with Crippen LogP contribution in [0, 0.1) is 16.7 Å². The molecule has 2 aliphatic rings. The van der Waals surface area contributed by atoms with Crippen LogP contribution in [0.15, 0.2) is 41.5 Å². The Morgan fingerprint density at radius 3 is 2.56 bits per heavy atom. The molecule has 1 unspecified atom stereocenters. The van der Waals surface area contributed by atoms with Crippen LogP contribution in [0.3, 0.4) is 0 Å². The molecule has 0 aliphatic heterocycles. The van der Waals surface area contributed by atoms with Crippen molar-refractivity contribution >= 4 is 5.78 Å². The van der Waals surface area contributed by atoms with Gasteiger partial charge in [-0.3, -0.25) is 9.89 Å². The van der Waals surface area contributed by atoms with Crippen LogP contribution in [-0.4, -0.2) is 16.0 Å². The summed E-state index contributed by atoms with van der Waals surface area (Å²) in [6, 6.07) is 12.2. The molecule has 1 heterocycles. The Kier molecular flexibility index (Phi) is 3.27. The number of benzene rings is 1. The van der Waals surface area contributed by atoms with E-state index in [2.05, 4.69) is 37.0 Å². The second kappa shape index (κ2) is 5.16. The highest BCUT2D eigenvalue weighted by Crippen LogP contribution is 2.52. The lowest BCUT2D eigenvalue weighted by Crippen LogP contribution is -2.41. The zero-order chi connectivity index (χ0) is 17.8. The van der Waals surface area contributed by atoms with Gasteiger partial charge >= 0.3 is 0 Å². The highest BCUT2D eigenvalue weighted by molar-refractivity contribution is 6.01. The number of allylic oxidation sites excluding steroid dienone is 2. The lowest BCUT2D eigenvalue weighted by Gasteiger charge is -2.43. The van der Waals surface area contributed by atoms with Crippen molar-refractivity contribution in [2.45, 2.75) is 45.4 Å². The summed E-state index contributed by atoms with van der Waals surface area (Å²) in [5.41, 5.74) is 4.68. The van der Waals surface area contributed by atoms with Crippen LogP contribution in [0.1, 0.15) is 56.1 Å². The van der Waals surface area contributed by atoms with Gasteiger partial charge in [-0.2, -0.15) is 10.4 Å². The normalized spacial score (nSPS) is 24.5. The van der Waals surface area contributed by atoms with Crippen molar-refractivity contribution in [2.24, 2.45) is 5.41 Å². The monoisotopic (exact) mass is 331 g/mol. The Bertz CT molecular complexity index is 943. The number of carbonyl (C=O) groups is 1. The quantitative estimate of drug-likeness (QED) is 0.863. The minimum Gasteiger partial charge on any atom is -0.294 e. The molecule has 0 radical (unpaired) electrons. The largest absolute Gasteiger partial charge is 0.294 e. The first-order chi connectivity index (χ1) is 11.9. The summed E-state index contributed by atoms with van der Waals surface area (Å²) in [5.74, 6) is 0.202. The van der Waals surface area contributed by atoms with Crippen LogP contribution >= 0.6 is 0 Å². The van der Waals surface area contributed by atoms with Crippen LogP contribution < -0.4 is 0 Å². The fourth-order valence-electron chi connectivity index (χ4n) is 4.76. The van der Waals surface area contributed by atoms with Crippen molar-refractivity contribution in [3.63, 3.8) is 0 Å². The topological polar surface area (TPSA) is 69.5 Å². The molecule has 2 aliphatic carbocycles. The molecular weight excluding hydrogens is 310 g/mol. The number of rotatable bonds is 1. The molecule has 1 N–H and O–H groups in total. The van der Waals surface area contributed by atoms with Crippen LogP contribution in [0.4, 0.5) is 0 Å². The number of nitrogens with one attached hydrogen (secondary N) is 1. The summed E-state index contributed by atoms with van der Waals surface area (Å²) in [6.45, 7) is 6.37. The van der Waals surface area contributed by atoms with Gasteiger partial charge in [-0.05, 0) is 24.3 Å². The third-order valence-corrected chi connectivity index (χ3v) is 5.65. The number of carbonyl (C=O) groups excluding carboxylic acids is 1. The highest BCUT2D eigenvalue weighted by Gasteiger charge is 2.49. The summed E-state index contributed by atoms with van der Waals surface area (Å²) < 4.78 is 0. The molecule has 1 atom stereocenters. The van der Waals surface area contributed by atoms with Gasteiger partial charge in [0.05, 0.1) is 5.41 Å². The summed E-state index contributed by atoms with van der Waals surface area (Å²) in [5, 5.41) is 16.9. The maximum atomic E-state index is 13.2. The van der Waals surface area contributed by atoms with Gasteiger partial charge in [0.1, 0.15) is 6.07 Å². The van der Waals surface area contributed by atoms with Gasteiger partial charge < -0.3 is 0 Å². The number of hydrogen-bond acceptors (Lipinski definition) is 3. The maximum absolute atomic E-state index is 13.2. The number of nitrogens with zero attached hydrogens (tertiary/aromatic N) is 2. The minimum atomic E-state index is -0.629. The second-order valence-electron chi connectivity index (χ2n) is 8.12. The number of aromatic nitrogens is 2. The Labute approximate surface area is 147 Å². The first-order valence-electron chi connectivity index (χ1n) is 8.66. The number of H-pyrrole nitrogens is 1. The molecule has 0 fully saturated rings. The third-order valence-electron chi connectivity index (χ3n) is 5.65. The summed E-state index contributed by atoms with van der Waals surface area (Å²) in [4.78, 5) is 13.2. The van der Waals surface area contributed by atoms with Crippen molar-refractivity contribution in [1.82, 2.24) is 10.2 Å². The number of nitriles is 1. The van der Waals surface area contributed by atoms with Gasteiger partial charge in [0.15, 0.2) is 11.5 Å². The number of Topliss-reactive ketones (excluding diaryl/α,β-unsaturated/α-hetero) is 1. The Morgan fingerprint density at radius 2 is 1.88 bits per heavy atom. The van der Waals surface area contributed by atoms with Crippen LogP contribution in [-0.2, 0) is 16.6 Å². The predicted molar refractivity (Wildman–Crippen MR) is 95.0 cm³/mol. The standard InChI is InChI=1S/C21H21N3O/c1-20(2)10-13-9-15-19(16(12-22)24-23-15)21(3,18(13)17(25)11-20)14-7-5-4-6-8-14/h4-8H,9-11H2,1-3H3,(H,23,24). The Balaban J connectivity index is 2.04. The summed E-state index contributed by atoms with van der Waals surface area (Å²) in [6.07, 6.45) is 2.12. The van der Waals surface area contributed by atoms with Crippen LogP contribution in [0.25, 0.3) is 0 Å². The van der Waals surface area contributed by atoms with E-state index >= 15 is 0 Å². The van der Waals surface area contributed by atoms with Gasteiger partial charge in [0.25, 0.3) is 0 Å². The van der Waals surface area contributed by atoms with E-state index in [9.17, 15) is 10.1 Å². The summed E-state index contributed by atoms with van der Waals surface area (Å²) in [7, 11) is 0. The summed E-state index contributed by atoms with van der Waals surface area (Å²) >= 11 is 0. The van der Waals surface area contributed by atoms with E-state index in [1.54, 1.807) is 0 Å². The zero-order valence-corrected chi connectivity index (χ0v) is 14.8. The van der Waals surface area contributed by atoms with E-state index < -0.39 is 5.41 Å². The molecule has 2 aromatic rings. The van der Waals surface area contributed by atoms with Crippen molar-refractivity contribution in [3.8, 4) is 6.07 Å². The number of aromatic amines is 1. The number of hydrogen-bond donors (Lipinski definition) is 1. The molecule has 0 saturated heterocycles. The Morgan fingerprint density at radius 1 is 1.16 bits per heavy atom. The second-order valence-corrected chi connectivity index (χ2v) is 8.12. The van der Waals surface area contributed by atoms with Gasteiger partial charge in [0.2, 0.25) is 0 Å².